The third kappa shape index (κ3) is 2.10. The van der Waals surface area contributed by atoms with Crippen molar-refractivity contribution in [3.8, 4) is 28.6 Å². The van der Waals surface area contributed by atoms with Gasteiger partial charge in [-0.15, -0.1) is 5.10 Å². The first-order valence-electron chi connectivity index (χ1n) is 7.90. The first-order chi connectivity index (χ1) is 12.1. The van der Waals surface area contributed by atoms with Gasteiger partial charge in [-0.3, -0.25) is 0 Å². The van der Waals surface area contributed by atoms with Crippen LogP contribution in [0.4, 0.5) is 0 Å². The van der Waals surface area contributed by atoms with Gasteiger partial charge < -0.3 is 9.55 Å². The third-order valence-electron chi connectivity index (χ3n) is 4.55. The minimum Gasteiger partial charge on any atom is -0.348 e. The number of halogens is 1. The summed E-state index contributed by atoms with van der Waals surface area (Å²) in [6.45, 7) is 4.60. The van der Waals surface area contributed by atoms with Gasteiger partial charge in [0.05, 0.1) is 36.3 Å². The van der Waals surface area contributed by atoms with Crippen molar-refractivity contribution in [2.24, 2.45) is 0 Å². The molecule has 7 nitrogen and oxygen atoms in total. The van der Waals surface area contributed by atoms with Gasteiger partial charge >= 0.3 is 0 Å². The van der Waals surface area contributed by atoms with E-state index in [9.17, 15) is 0 Å². The first kappa shape index (κ1) is 14.6. The molecule has 1 N–H and O–H groups in total. The molecule has 1 aliphatic rings. The molecule has 5 rings (SSSR count). The molecule has 4 heterocycles. The second-order valence-electron chi connectivity index (χ2n) is 6.10. The van der Waals surface area contributed by atoms with Crippen LogP contribution in [0.1, 0.15) is 17.1 Å². The van der Waals surface area contributed by atoms with Gasteiger partial charge in [-0.25, -0.2) is 19.6 Å². The Kier molecular flexibility index (Phi) is 2.99. The van der Waals surface area contributed by atoms with Crippen LogP contribution in [0.25, 0.3) is 28.6 Å². The van der Waals surface area contributed by atoms with Gasteiger partial charge in [0.15, 0.2) is 5.82 Å². The second kappa shape index (κ2) is 5.13. The predicted molar refractivity (Wildman–Crippen MR) is 96.4 cm³/mol. The number of hydrogen-bond donors (Lipinski definition) is 1. The molecule has 0 amide bonds. The molecule has 4 aromatic rings. The quantitative estimate of drug-likeness (QED) is 0.472. The Hall–Kier alpha value is -2.74. The Morgan fingerprint density at radius 2 is 2.08 bits per heavy atom. The van der Waals surface area contributed by atoms with E-state index in [1.807, 2.05) is 30.9 Å². The van der Waals surface area contributed by atoms with Crippen molar-refractivity contribution in [3.63, 3.8) is 0 Å². The largest absolute Gasteiger partial charge is 0.348 e. The lowest BCUT2D eigenvalue weighted by molar-refractivity contribution is 0.675. The average Bonchev–Trinajstić information content (AvgIpc) is 3.27. The summed E-state index contributed by atoms with van der Waals surface area (Å²) < 4.78 is 5.05. The van der Waals surface area contributed by atoms with Crippen molar-refractivity contribution in [3.05, 3.63) is 52.4 Å². The van der Waals surface area contributed by atoms with Gasteiger partial charge in [0.2, 0.25) is 5.82 Å². The van der Waals surface area contributed by atoms with Crippen molar-refractivity contribution in [2.45, 2.75) is 20.4 Å². The number of aromatic amines is 1. The van der Waals surface area contributed by atoms with Crippen molar-refractivity contribution in [1.29, 1.82) is 0 Å². The fraction of sp³-hybridized carbons (Fsp3) is 0.176. The van der Waals surface area contributed by atoms with Crippen LogP contribution in [0.5, 0.6) is 0 Å². The fourth-order valence-corrected chi connectivity index (χ4v) is 3.60. The van der Waals surface area contributed by atoms with Gasteiger partial charge in [0.25, 0.3) is 0 Å². The maximum absolute atomic E-state index is 4.80. The van der Waals surface area contributed by atoms with Gasteiger partial charge in [-0.2, -0.15) is 0 Å². The highest BCUT2D eigenvalue weighted by molar-refractivity contribution is 9.10. The van der Waals surface area contributed by atoms with Crippen LogP contribution >= 0.6 is 15.9 Å². The molecule has 0 saturated heterocycles. The number of nitrogens with one attached hydrogen (secondary N) is 1. The van der Waals surface area contributed by atoms with Crippen molar-refractivity contribution in [1.82, 2.24) is 34.3 Å². The van der Waals surface area contributed by atoms with E-state index in [0.29, 0.717) is 12.4 Å². The molecule has 0 spiro atoms. The minimum atomic E-state index is 0.615. The molecule has 1 aliphatic heterocycles. The number of imidazole rings is 2. The lowest BCUT2D eigenvalue weighted by Crippen LogP contribution is -2.05. The Bertz CT molecular complexity index is 1120. The van der Waals surface area contributed by atoms with Gasteiger partial charge in [-0.1, -0.05) is 15.9 Å². The normalized spacial score (nSPS) is 12.4. The van der Waals surface area contributed by atoms with Crippen molar-refractivity contribution >= 4 is 15.9 Å². The summed E-state index contributed by atoms with van der Waals surface area (Å²) in [6.07, 6.45) is 3.53. The molecule has 0 atom stereocenters. The molecular formula is C17H14BrN7. The Balaban J connectivity index is 1.81. The lowest BCUT2D eigenvalue weighted by atomic mass is 10.1. The van der Waals surface area contributed by atoms with Crippen LogP contribution in [0.15, 0.2) is 35.3 Å². The van der Waals surface area contributed by atoms with Crippen LogP contribution in [0, 0.1) is 13.8 Å². The zero-order chi connectivity index (χ0) is 17.1. The van der Waals surface area contributed by atoms with E-state index in [0.717, 1.165) is 44.3 Å². The Morgan fingerprint density at radius 1 is 1.20 bits per heavy atom. The molecule has 0 radical (unpaired) electrons. The summed E-state index contributed by atoms with van der Waals surface area (Å²) >= 11 is 3.57. The van der Waals surface area contributed by atoms with Crippen LogP contribution in [-0.2, 0) is 6.54 Å². The zero-order valence-corrected chi connectivity index (χ0v) is 15.2. The number of aromatic nitrogens is 7. The topological polar surface area (TPSA) is 77.2 Å². The number of fused-ring (bicyclic) bond motifs is 5. The van der Waals surface area contributed by atoms with E-state index >= 15 is 0 Å². The summed E-state index contributed by atoms with van der Waals surface area (Å²) in [5, 5.41) is 4.73. The maximum atomic E-state index is 4.80. The Morgan fingerprint density at radius 3 is 2.88 bits per heavy atom. The monoisotopic (exact) mass is 395 g/mol. The molecule has 3 aromatic heterocycles. The molecule has 0 bridgehead atoms. The third-order valence-corrected chi connectivity index (χ3v) is 5.04. The maximum Gasteiger partial charge on any atom is 0.202 e. The SMILES string of the molecule is Cc1ncn2c1Cn1nc(-c3nc[nH]c3C)nc1-c1cc(Br)ccc1-2. The number of nitrogens with zero attached hydrogens (tertiary/aromatic N) is 6. The molecule has 0 aliphatic carbocycles. The highest BCUT2D eigenvalue weighted by atomic mass is 79.9. The summed E-state index contributed by atoms with van der Waals surface area (Å²) in [5.74, 6) is 1.46. The van der Waals surface area contributed by atoms with E-state index in [1.165, 1.54) is 0 Å². The molecule has 1 aromatic carbocycles. The van der Waals surface area contributed by atoms with Crippen LogP contribution in [0.3, 0.4) is 0 Å². The van der Waals surface area contributed by atoms with Crippen LogP contribution < -0.4 is 0 Å². The van der Waals surface area contributed by atoms with Gasteiger partial charge in [-0.05, 0) is 32.0 Å². The molecule has 124 valence electrons. The molecule has 0 fully saturated rings. The smallest absolute Gasteiger partial charge is 0.202 e. The van der Waals surface area contributed by atoms with E-state index in [2.05, 4.69) is 47.6 Å². The lowest BCUT2D eigenvalue weighted by Gasteiger charge is -2.08. The second-order valence-corrected chi connectivity index (χ2v) is 7.02. The van der Waals surface area contributed by atoms with E-state index in [1.54, 1.807) is 6.33 Å². The average molecular weight is 396 g/mol. The summed E-state index contributed by atoms with van der Waals surface area (Å²) in [5.41, 5.74) is 5.90. The Labute approximate surface area is 151 Å². The van der Waals surface area contributed by atoms with Crippen molar-refractivity contribution in [2.75, 3.05) is 0 Å². The van der Waals surface area contributed by atoms with E-state index in [4.69, 9.17) is 10.1 Å². The molecular weight excluding hydrogens is 382 g/mol. The fourth-order valence-electron chi connectivity index (χ4n) is 3.24. The summed E-state index contributed by atoms with van der Waals surface area (Å²) in [6, 6.07) is 6.18. The minimum absolute atomic E-state index is 0.615. The first-order valence-corrected chi connectivity index (χ1v) is 8.69. The molecule has 25 heavy (non-hydrogen) atoms. The zero-order valence-electron chi connectivity index (χ0n) is 13.7. The van der Waals surface area contributed by atoms with Crippen molar-refractivity contribution < 1.29 is 0 Å². The summed E-state index contributed by atoms with van der Waals surface area (Å²) in [4.78, 5) is 16.7. The molecule has 0 unspecified atom stereocenters. The number of aryl methyl sites for hydroxylation is 2. The van der Waals surface area contributed by atoms with E-state index < -0.39 is 0 Å². The number of benzene rings is 1. The number of hydrogen-bond acceptors (Lipinski definition) is 4. The highest BCUT2D eigenvalue weighted by Gasteiger charge is 2.25. The van der Waals surface area contributed by atoms with Gasteiger partial charge in [0, 0.05) is 15.7 Å². The standard InChI is InChI=1S/C17H14BrN7/c1-9-14-6-25-17(22-16(23-25)15-10(2)19-7-20-15)12-5-11(18)3-4-13(12)24(14)8-21-9/h3-5,7-8H,6H2,1-2H3,(H,19,20). The van der Waals surface area contributed by atoms with Gasteiger partial charge in [0.1, 0.15) is 5.69 Å². The number of H-pyrrole nitrogens is 1. The van der Waals surface area contributed by atoms with E-state index in [-0.39, 0.29) is 0 Å². The highest BCUT2D eigenvalue weighted by Crippen LogP contribution is 2.34. The summed E-state index contributed by atoms with van der Waals surface area (Å²) in [7, 11) is 0. The van der Waals surface area contributed by atoms with Crippen LogP contribution in [0.2, 0.25) is 0 Å². The number of rotatable bonds is 1. The predicted octanol–water partition coefficient (Wildman–Crippen LogP) is 3.26. The molecule has 8 heteroatoms. The molecule has 0 saturated carbocycles. The van der Waals surface area contributed by atoms with Crippen LogP contribution in [-0.4, -0.2) is 34.3 Å².